The molecule has 2 aliphatic rings. The summed E-state index contributed by atoms with van der Waals surface area (Å²) >= 11 is 0. The van der Waals surface area contributed by atoms with E-state index in [1.807, 2.05) is 11.0 Å². The Balaban J connectivity index is 1.25. The zero-order valence-electron chi connectivity index (χ0n) is 21.5. The number of hydrogen-bond acceptors (Lipinski definition) is 3. The maximum Gasteiger partial charge on any atom is 0.317 e. The van der Waals surface area contributed by atoms with Crippen molar-refractivity contribution in [1.82, 2.24) is 15.5 Å². The minimum atomic E-state index is -0.719. The van der Waals surface area contributed by atoms with Gasteiger partial charge in [-0.2, -0.15) is 0 Å². The molecule has 1 aliphatic heterocycles. The summed E-state index contributed by atoms with van der Waals surface area (Å²) in [6.07, 6.45) is 2.72. The summed E-state index contributed by atoms with van der Waals surface area (Å²) in [5, 5.41) is 18.8. The summed E-state index contributed by atoms with van der Waals surface area (Å²) < 4.78 is 0. The van der Waals surface area contributed by atoms with Gasteiger partial charge in [0, 0.05) is 37.6 Å². The van der Waals surface area contributed by atoms with Gasteiger partial charge in [-0.25, -0.2) is 4.79 Å². The van der Waals surface area contributed by atoms with E-state index in [-0.39, 0.29) is 30.0 Å². The van der Waals surface area contributed by atoms with Gasteiger partial charge in [-0.3, -0.25) is 4.79 Å². The number of hydrogen-bond donors (Lipinski definition) is 3. The summed E-state index contributed by atoms with van der Waals surface area (Å²) in [5.74, 6) is -0.431. The molecule has 1 saturated heterocycles. The molecule has 1 heterocycles. The van der Waals surface area contributed by atoms with Crippen molar-refractivity contribution < 1.29 is 14.7 Å². The van der Waals surface area contributed by atoms with Gasteiger partial charge >= 0.3 is 12.0 Å². The predicted octanol–water partition coefficient (Wildman–Crippen LogP) is 5.56. The number of fused-ring (bicyclic) bond motifs is 1. The number of likely N-dealkylation sites (tertiary alicyclic amines) is 1. The van der Waals surface area contributed by atoms with Gasteiger partial charge in [0.15, 0.2) is 0 Å². The SMILES string of the molecule is C[C@@H](NC[C@H]1CN(C(=O)N[C@H]2CC[C@H](C(=O)O)CC2)C[C@@H]1c1ccccc1)c1cccc2ccccc12. The molecule has 1 aliphatic carbocycles. The van der Waals surface area contributed by atoms with Crippen molar-refractivity contribution in [2.45, 2.75) is 50.6 Å². The molecule has 0 aromatic heterocycles. The van der Waals surface area contributed by atoms with Crippen molar-refractivity contribution in [2.24, 2.45) is 11.8 Å². The number of amides is 2. The zero-order chi connectivity index (χ0) is 25.8. The van der Waals surface area contributed by atoms with E-state index in [2.05, 4.69) is 84.3 Å². The molecule has 0 unspecified atom stereocenters. The molecule has 3 aromatic rings. The van der Waals surface area contributed by atoms with E-state index in [1.165, 1.54) is 21.9 Å². The van der Waals surface area contributed by atoms with Gasteiger partial charge in [-0.05, 0) is 60.4 Å². The van der Waals surface area contributed by atoms with E-state index in [0.29, 0.717) is 31.8 Å². The maximum atomic E-state index is 13.2. The quantitative estimate of drug-likeness (QED) is 0.398. The van der Waals surface area contributed by atoms with Crippen LogP contribution in [0.5, 0.6) is 0 Å². The molecule has 194 valence electrons. The highest BCUT2D eigenvalue weighted by Crippen LogP contribution is 2.34. The number of carboxylic acids is 1. The Bertz CT molecular complexity index is 1220. The molecule has 0 radical (unpaired) electrons. The second kappa shape index (κ2) is 11.3. The van der Waals surface area contributed by atoms with Gasteiger partial charge < -0.3 is 20.6 Å². The van der Waals surface area contributed by atoms with Crippen LogP contribution in [0.4, 0.5) is 4.79 Å². The monoisotopic (exact) mass is 499 g/mol. The first-order valence-corrected chi connectivity index (χ1v) is 13.5. The van der Waals surface area contributed by atoms with E-state index in [4.69, 9.17) is 0 Å². The molecule has 2 amide bonds. The largest absolute Gasteiger partial charge is 0.481 e. The Morgan fingerprint density at radius 3 is 2.38 bits per heavy atom. The van der Waals surface area contributed by atoms with E-state index < -0.39 is 5.97 Å². The van der Waals surface area contributed by atoms with E-state index in [1.54, 1.807) is 0 Å². The topological polar surface area (TPSA) is 81.7 Å². The number of nitrogens with zero attached hydrogens (tertiary/aromatic N) is 1. The molecule has 0 bridgehead atoms. The third kappa shape index (κ3) is 5.80. The third-order valence-corrected chi connectivity index (χ3v) is 8.34. The van der Waals surface area contributed by atoms with Crippen LogP contribution in [-0.2, 0) is 4.79 Å². The highest BCUT2D eigenvalue weighted by Gasteiger charge is 2.37. The molecule has 37 heavy (non-hydrogen) atoms. The highest BCUT2D eigenvalue weighted by molar-refractivity contribution is 5.86. The van der Waals surface area contributed by atoms with Crippen LogP contribution in [0.3, 0.4) is 0 Å². The minimum Gasteiger partial charge on any atom is -0.481 e. The average molecular weight is 500 g/mol. The van der Waals surface area contributed by atoms with Crippen LogP contribution >= 0.6 is 0 Å². The molecule has 3 atom stereocenters. The number of carbonyl (C=O) groups is 2. The Kier molecular flexibility index (Phi) is 7.75. The summed E-state index contributed by atoms with van der Waals surface area (Å²) in [7, 11) is 0. The fourth-order valence-corrected chi connectivity index (χ4v) is 6.14. The third-order valence-electron chi connectivity index (χ3n) is 8.34. The van der Waals surface area contributed by atoms with E-state index in [9.17, 15) is 14.7 Å². The summed E-state index contributed by atoms with van der Waals surface area (Å²) in [6, 6.07) is 25.7. The summed E-state index contributed by atoms with van der Waals surface area (Å²) in [4.78, 5) is 26.5. The molecule has 5 rings (SSSR count). The molecular weight excluding hydrogens is 462 g/mol. The first-order chi connectivity index (χ1) is 18.0. The second-order valence-corrected chi connectivity index (χ2v) is 10.7. The van der Waals surface area contributed by atoms with E-state index >= 15 is 0 Å². The molecule has 1 saturated carbocycles. The van der Waals surface area contributed by atoms with Crippen molar-refractivity contribution in [1.29, 1.82) is 0 Å². The lowest BCUT2D eigenvalue weighted by Crippen LogP contribution is -2.45. The number of aliphatic carboxylic acids is 1. The zero-order valence-corrected chi connectivity index (χ0v) is 21.5. The molecule has 2 fully saturated rings. The molecular formula is C31H37N3O3. The normalized spacial score (nSPS) is 24.6. The highest BCUT2D eigenvalue weighted by atomic mass is 16.4. The van der Waals surface area contributed by atoms with Crippen LogP contribution in [-0.4, -0.2) is 47.7 Å². The Morgan fingerprint density at radius 2 is 1.62 bits per heavy atom. The summed E-state index contributed by atoms with van der Waals surface area (Å²) in [6.45, 7) is 4.42. The number of carbonyl (C=O) groups excluding carboxylic acids is 1. The second-order valence-electron chi connectivity index (χ2n) is 10.7. The first kappa shape index (κ1) is 25.3. The van der Waals surface area contributed by atoms with Gasteiger partial charge in [0.05, 0.1) is 5.92 Å². The van der Waals surface area contributed by atoms with Crippen LogP contribution in [0, 0.1) is 11.8 Å². The van der Waals surface area contributed by atoms with Gasteiger partial charge in [0.25, 0.3) is 0 Å². The number of rotatable bonds is 7. The molecule has 6 nitrogen and oxygen atoms in total. The van der Waals surface area contributed by atoms with Gasteiger partial charge in [-0.15, -0.1) is 0 Å². The average Bonchev–Trinajstić information content (AvgIpc) is 3.37. The van der Waals surface area contributed by atoms with Crippen LogP contribution in [0.25, 0.3) is 10.8 Å². The van der Waals surface area contributed by atoms with Crippen molar-refractivity contribution in [3.63, 3.8) is 0 Å². The summed E-state index contributed by atoms with van der Waals surface area (Å²) in [5.41, 5.74) is 2.56. The van der Waals surface area contributed by atoms with Gasteiger partial charge in [-0.1, -0.05) is 72.8 Å². The van der Waals surface area contributed by atoms with Crippen LogP contribution < -0.4 is 10.6 Å². The first-order valence-electron chi connectivity index (χ1n) is 13.5. The maximum absolute atomic E-state index is 13.2. The Hall–Kier alpha value is -3.38. The van der Waals surface area contributed by atoms with Crippen molar-refractivity contribution in [2.75, 3.05) is 19.6 Å². The standard InChI is InChI=1S/C31H37N3O3/c1-21(27-13-7-11-22-10-5-6-12-28(22)27)32-18-25-19-34(20-29(25)23-8-3-2-4-9-23)31(37)33-26-16-14-24(15-17-26)30(35)36/h2-13,21,24-26,29,32H,14-20H2,1H3,(H,33,37)(H,35,36)/t21-,24-,25+,26-,29-/m1/s1. The fraction of sp³-hybridized carbons (Fsp3) is 0.419. The van der Waals surface area contributed by atoms with Crippen molar-refractivity contribution >= 4 is 22.8 Å². The van der Waals surface area contributed by atoms with Gasteiger partial charge in [0.2, 0.25) is 0 Å². The number of carboxylic acid groups (broad SMARTS) is 1. The number of benzene rings is 3. The van der Waals surface area contributed by atoms with Crippen molar-refractivity contribution in [3.05, 3.63) is 83.9 Å². The predicted molar refractivity (Wildman–Crippen MR) is 147 cm³/mol. The lowest BCUT2D eigenvalue weighted by atomic mass is 9.86. The van der Waals surface area contributed by atoms with Crippen LogP contribution in [0.1, 0.15) is 55.7 Å². The molecule has 3 aromatic carbocycles. The lowest BCUT2D eigenvalue weighted by Gasteiger charge is -2.29. The molecule has 6 heteroatoms. The molecule has 3 N–H and O–H groups in total. The fourth-order valence-electron chi connectivity index (χ4n) is 6.14. The molecule has 0 spiro atoms. The lowest BCUT2D eigenvalue weighted by molar-refractivity contribution is -0.142. The smallest absolute Gasteiger partial charge is 0.317 e. The van der Waals surface area contributed by atoms with Crippen LogP contribution in [0.15, 0.2) is 72.8 Å². The van der Waals surface area contributed by atoms with Crippen LogP contribution in [0.2, 0.25) is 0 Å². The van der Waals surface area contributed by atoms with E-state index in [0.717, 1.165) is 19.4 Å². The van der Waals surface area contributed by atoms with Gasteiger partial charge in [0.1, 0.15) is 0 Å². The Labute approximate surface area is 219 Å². The minimum absolute atomic E-state index is 0.0238. The van der Waals surface area contributed by atoms with Crippen molar-refractivity contribution in [3.8, 4) is 0 Å². The Morgan fingerprint density at radius 1 is 0.919 bits per heavy atom. The number of urea groups is 1. The number of nitrogens with one attached hydrogen (secondary N) is 2.